The van der Waals surface area contributed by atoms with Gasteiger partial charge in [0.2, 0.25) is 0 Å². The van der Waals surface area contributed by atoms with E-state index >= 15 is 0 Å². The number of hydrogen-bond donors (Lipinski definition) is 3. The average molecular weight is 378 g/mol. The SMILES string of the molecule is CCNC(=NCC(O)COCc1ccccc1)NC1CC(C)(OC)C1(C)C. The van der Waals surface area contributed by atoms with Crippen molar-refractivity contribution in [3.63, 3.8) is 0 Å². The van der Waals surface area contributed by atoms with Crippen molar-refractivity contribution in [2.45, 2.75) is 58.5 Å². The Hall–Kier alpha value is -1.63. The number of methoxy groups -OCH3 is 1. The van der Waals surface area contributed by atoms with Crippen LogP contribution in [-0.4, -0.2) is 55.6 Å². The first-order chi connectivity index (χ1) is 12.8. The van der Waals surface area contributed by atoms with Crippen LogP contribution < -0.4 is 10.6 Å². The number of nitrogens with one attached hydrogen (secondary N) is 2. The molecule has 0 aromatic heterocycles. The summed E-state index contributed by atoms with van der Waals surface area (Å²) in [4.78, 5) is 4.52. The van der Waals surface area contributed by atoms with E-state index in [0.29, 0.717) is 13.2 Å². The third-order valence-corrected chi connectivity index (χ3v) is 5.82. The van der Waals surface area contributed by atoms with Gasteiger partial charge in [-0.2, -0.15) is 0 Å². The standard InChI is InChI=1S/C21H35N3O3/c1-6-22-19(24-18-12-21(4,26-5)20(18,2)3)23-13-17(25)15-27-14-16-10-8-7-9-11-16/h7-11,17-18,25H,6,12-15H2,1-5H3,(H2,22,23,24). The summed E-state index contributed by atoms with van der Waals surface area (Å²) in [6, 6.07) is 10.2. The molecule has 1 saturated carbocycles. The van der Waals surface area contributed by atoms with Crippen LogP contribution in [0.5, 0.6) is 0 Å². The summed E-state index contributed by atoms with van der Waals surface area (Å²) >= 11 is 0. The second kappa shape index (κ2) is 9.53. The highest BCUT2D eigenvalue weighted by molar-refractivity contribution is 5.80. The normalized spacial score (nSPS) is 25.6. The molecule has 0 bridgehead atoms. The van der Waals surface area contributed by atoms with Crippen LogP contribution in [0, 0.1) is 5.41 Å². The van der Waals surface area contributed by atoms with E-state index in [1.54, 1.807) is 7.11 Å². The summed E-state index contributed by atoms with van der Waals surface area (Å²) in [6.07, 6.45) is 0.284. The smallest absolute Gasteiger partial charge is 0.191 e. The van der Waals surface area contributed by atoms with Crippen molar-refractivity contribution in [2.75, 3.05) is 26.8 Å². The van der Waals surface area contributed by atoms with E-state index in [-0.39, 0.29) is 23.7 Å². The Balaban J connectivity index is 1.80. The highest BCUT2D eigenvalue weighted by Gasteiger charge is 2.58. The number of rotatable bonds is 9. The fourth-order valence-electron chi connectivity index (χ4n) is 3.34. The number of guanidine groups is 1. The highest BCUT2D eigenvalue weighted by Crippen LogP contribution is 2.51. The Morgan fingerprint density at radius 3 is 2.59 bits per heavy atom. The van der Waals surface area contributed by atoms with Crippen LogP contribution in [0.1, 0.15) is 39.7 Å². The first kappa shape index (κ1) is 21.7. The summed E-state index contributed by atoms with van der Waals surface area (Å²) < 4.78 is 11.3. The van der Waals surface area contributed by atoms with Crippen LogP contribution in [0.4, 0.5) is 0 Å². The van der Waals surface area contributed by atoms with E-state index in [4.69, 9.17) is 9.47 Å². The van der Waals surface area contributed by atoms with E-state index in [0.717, 1.165) is 24.5 Å². The van der Waals surface area contributed by atoms with Gasteiger partial charge in [0.1, 0.15) is 0 Å². The number of aliphatic hydroxyl groups excluding tert-OH is 1. The fraction of sp³-hybridized carbons (Fsp3) is 0.667. The quantitative estimate of drug-likeness (QED) is 0.455. The third-order valence-electron chi connectivity index (χ3n) is 5.82. The highest BCUT2D eigenvalue weighted by atomic mass is 16.5. The zero-order valence-corrected chi connectivity index (χ0v) is 17.3. The van der Waals surface area contributed by atoms with Gasteiger partial charge in [-0.1, -0.05) is 44.2 Å². The molecular weight excluding hydrogens is 342 g/mol. The molecule has 3 unspecified atom stereocenters. The minimum absolute atomic E-state index is 0.00461. The Kier molecular flexibility index (Phi) is 7.65. The molecule has 1 aliphatic rings. The van der Waals surface area contributed by atoms with Gasteiger partial charge in [0.25, 0.3) is 0 Å². The molecule has 27 heavy (non-hydrogen) atoms. The number of aliphatic imine (C=N–C) groups is 1. The fourth-order valence-corrected chi connectivity index (χ4v) is 3.34. The van der Waals surface area contributed by atoms with Gasteiger partial charge in [0.15, 0.2) is 5.96 Å². The molecule has 6 heteroatoms. The molecule has 0 aliphatic heterocycles. The molecule has 0 amide bonds. The molecular formula is C21H35N3O3. The maximum absolute atomic E-state index is 10.2. The minimum atomic E-state index is -0.636. The maximum atomic E-state index is 10.2. The molecule has 1 aromatic carbocycles. The average Bonchev–Trinajstić information content (AvgIpc) is 2.66. The molecule has 152 valence electrons. The predicted octanol–water partition coefficient (Wildman–Crippen LogP) is 2.32. The monoisotopic (exact) mass is 377 g/mol. The van der Waals surface area contributed by atoms with Crippen LogP contribution in [0.25, 0.3) is 0 Å². The van der Waals surface area contributed by atoms with Gasteiger partial charge < -0.3 is 25.2 Å². The van der Waals surface area contributed by atoms with Gasteiger partial charge in [-0.15, -0.1) is 0 Å². The lowest BCUT2D eigenvalue weighted by Crippen LogP contribution is -2.69. The van der Waals surface area contributed by atoms with Crippen molar-refractivity contribution in [3.05, 3.63) is 35.9 Å². The molecule has 3 N–H and O–H groups in total. The first-order valence-electron chi connectivity index (χ1n) is 9.72. The third kappa shape index (κ3) is 5.43. The van der Waals surface area contributed by atoms with E-state index in [2.05, 4.69) is 36.4 Å². The van der Waals surface area contributed by atoms with Crippen LogP contribution >= 0.6 is 0 Å². The van der Waals surface area contributed by atoms with E-state index in [9.17, 15) is 5.11 Å². The molecule has 1 aromatic rings. The largest absolute Gasteiger partial charge is 0.389 e. The number of aliphatic hydroxyl groups is 1. The second-order valence-corrected chi connectivity index (χ2v) is 7.93. The first-order valence-corrected chi connectivity index (χ1v) is 9.72. The van der Waals surface area contributed by atoms with Crippen molar-refractivity contribution in [1.29, 1.82) is 0 Å². The molecule has 0 radical (unpaired) electrons. The Morgan fingerprint density at radius 2 is 2.00 bits per heavy atom. The second-order valence-electron chi connectivity index (χ2n) is 7.93. The van der Waals surface area contributed by atoms with Gasteiger partial charge >= 0.3 is 0 Å². The maximum Gasteiger partial charge on any atom is 0.191 e. The lowest BCUT2D eigenvalue weighted by molar-refractivity contribution is -0.176. The molecule has 6 nitrogen and oxygen atoms in total. The van der Waals surface area contributed by atoms with Crippen LogP contribution in [0.15, 0.2) is 35.3 Å². The molecule has 0 saturated heterocycles. The van der Waals surface area contributed by atoms with Crippen molar-refractivity contribution in [1.82, 2.24) is 10.6 Å². The lowest BCUT2D eigenvalue weighted by Gasteiger charge is -2.59. The molecule has 3 atom stereocenters. The lowest BCUT2D eigenvalue weighted by atomic mass is 9.56. The predicted molar refractivity (Wildman–Crippen MR) is 109 cm³/mol. The van der Waals surface area contributed by atoms with Crippen LogP contribution in [-0.2, 0) is 16.1 Å². The van der Waals surface area contributed by atoms with Crippen molar-refractivity contribution < 1.29 is 14.6 Å². The van der Waals surface area contributed by atoms with Crippen LogP contribution in [0.3, 0.4) is 0 Å². The van der Waals surface area contributed by atoms with Gasteiger partial charge in [0.05, 0.1) is 31.5 Å². The summed E-state index contributed by atoms with van der Waals surface area (Å²) in [5.41, 5.74) is 0.957. The molecule has 1 aliphatic carbocycles. The summed E-state index contributed by atoms with van der Waals surface area (Å²) in [7, 11) is 1.77. The van der Waals surface area contributed by atoms with E-state index in [1.165, 1.54) is 0 Å². The summed E-state index contributed by atoms with van der Waals surface area (Å²) in [5.74, 6) is 0.718. The number of nitrogens with zero attached hydrogens (tertiary/aromatic N) is 1. The Labute approximate surface area is 163 Å². The van der Waals surface area contributed by atoms with Gasteiger partial charge in [0, 0.05) is 25.1 Å². The summed E-state index contributed by atoms with van der Waals surface area (Å²) in [5, 5.41) is 16.9. The molecule has 0 spiro atoms. The number of hydrogen-bond acceptors (Lipinski definition) is 4. The molecule has 1 fully saturated rings. The van der Waals surface area contributed by atoms with Crippen molar-refractivity contribution in [3.8, 4) is 0 Å². The Morgan fingerprint density at radius 1 is 1.30 bits per heavy atom. The number of ether oxygens (including phenoxy) is 2. The van der Waals surface area contributed by atoms with E-state index in [1.807, 2.05) is 37.3 Å². The molecule has 0 heterocycles. The van der Waals surface area contributed by atoms with Gasteiger partial charge in [-0.05, 0) is 25.8 Å². The zero-order chi connectivity index (χ0) is 19.9. The van der Waals surface area contributed by atoms with Crippen molar-refractivity contribution in [2.24, 2.45) is 10.4 Å². The van der Waals surface area contributed by atoms with Gasteiger partial charge in [-0.25, -0.2) is 0 Å². The van der Waals surface area contributed by atoms with Gasteiger partial charge in [-0.3, -0.25) is 4.99 Å². The number of benzene rings is 1. The zero-order valence-electron chi connectivity index (χ0n) is 17.3. The molecule has 2 rings (SSSR count). The van der Waals surface area contributed by atoms with E-state index < -0.39 is 6.10 Å². The topological polar surface area (TPSA) is 75.1 Å². The minimum Gasteiger partial charge on any atom is -0.389 e. The van der Waals surface area contributed by atoms with Crippen LogP contribution in [0.2, 0.25) is 0 Å². The van der Waals surface area contributed by atoms with Crippen molar-refractivity contribution >= 4 is 5.96 Å². The Bertz CT molecular complexity index is 606. The summed E-state index contributed by atoms with van der Waals surface area (Å²) in [6.45, 7) is 10.4.